The van der Waals surface area contributed by atoms with Gasteiger partial charge in [0, 0.05) is 11.3 Å². The van der Waals surface area contributed by atoms with Crippen molar-refractivity contribution in [1.29, 1.82) is 0 Å². The third-order valence-corrected chi connectivity index (χ3v) is 4.48. The summed E-state index contributed by atoms with van der Waals surface area (Å²) >= 11 is 1.24. The third kappa shape index (κ3) is 2.21. The van der Waals surface area contributed by atoms with Crippen molar-refractivity contribution < 1.29 is 14.3 Å². The van der Waals surface area contributed by atoms with Gasteiger partial charge in [0.2, 0.25) is 0 Å². The number of esters is 1. The Morgan fingerprint density at radius 3 is 2.73 bits per heavy atom. The van der Waals surface area contributed by atoms with Gasteiger partial charge in [-0.25, -0.2) is 9.78 Å². The van der Waals surface area contributed by atoms with Gasteiger partial charge in [-0.15, -0.1) is 0 Å². The Morgan fingerprint density at radius 2 is 2.09 bits per heavy atom. The van der Waals surface area contributed by atoms with E-state index in [2.05, 4.69) is 4.98 Å². The molecule has 0 aliphatic carbocycles. The largest absolute Gasteiger partial charge is 0.462 e. The van der Waals surface area contributed by atoms with Crippen LogP contribution in [0.1, 0.15) is 32.8 Å². The molecule has 5 nitrogen and oxygen atoms in total. The maximum absolute atomic E-state index is 11.9. The molecular formula is C16H14N2O3S. The molecule has 1 aromatic carbocycles. The molecule has 0 aliphatic rings. The van der Waals surface area contributed by atoms with Crippen molar-refractivity contribution in [2.24, 2.45) is 0 Å². The average molecular weight is 314 g/mol. The van der Waals surface area contributed by atoms with Gasteiger partial charge in [0.15, 0.2) is 11.2 Å². The van der Waals surface area contributed by atoms with E-state index in [0.717, 1.165) is 11.8 Å². The molecular weight excluding hydrogens is 300 g/mol. The summed E-state index contributed by atoms with van der Waals surface area (Å²) in [7, 11) is 0. The molecule has 0 radical (unpaired) electrons. The first-order valence-electron chi connectivity index (χ1n) is 6.87. The van der Waals surface area contributed by atoms with Crippen LogP contribution in [-0.2, 0) is 4.74 Å². The van der Waals surface area contributed by atoms with Crippen LogP contribution in [0.15, 0.2) is 30.3 Å². The van der Waals surface area contributed by atoms with Gasteiger partial charge in [0.1, 0.15) is 16.3 Å². The van der Waals surface area contributed by atoms with Crippen LogP contribution in [0.2, 0.25) is 0 Å². The summed E-state index contributed by atoms with van der Waals surface area (Å²) < 4.78 is 6.75. The van der Waals surface area contributed by atoms with Crippen molar-refractivity contribution in [1.82, 2.24) is 9.38 Å². The standard InChI is InChI=1S/C16H14N2O3S/c1-3-21-15(20)14-10(2)18-12(9-19)13(17-16(18)22-14)11-7-5-4-6-8-11/h4-9H,3H2,1-2H3. The van der Waals surface area contributed by atoms with Crippen molar-refractivity contribution >= 4 is 28.6 Å². The topological polar surface area (TPSA) is 60.7 Å². The highest BCUT2D eigenvalue weighted by Crippen LogP contribution is 2.30. The Kier molecular flexibility index (Phi) is 3.77. The summed E-state index contributed by atoms with van der Waals surface area (Å²) in [5.74, 6) is -0.381. The molecule has 6 heteroatoms. The van der Waals surface area contributed by atoms with Gasteiger partial charge in [-0.1, -0.05) is 41.7 Å². The molecule has 0 amide bonds. The summed E-state index contributed by atoms with van der Waals surface area (Å²) in [4.78, 5) is 29.1. The fraction of sp³-hybridized carbons (Fsp3) is 0.188. The van der Waals surface area contributed by atoms with Crippen molar-refractivity contribution in [3.63, 3.8) is 0 Å². The molecule has 2 heterocycles. The van der Waals surface area contributed by atoms with E-state index in [1.165, 1.54) is 11.3 Å². The quantitative estimate of drug-likeness (QED) is 0.547. The van der Waals surface area contributed by atoms with E-state index in [0.29, 0.717) is 33.5 Å². The van der Waals surface area contributed by atoms with E-state index in [1.54, 1.807) is 18.2 Å². The first kappa shape index (κ1) is 14.5. The molecule has 112 valence electrons. The highest BCUT2D eigenvalue weighted by Gasteiger charge is 2.22. The number of fused-ring (bicyclic) bond motifs is 1. The van der Waals surface area contributed by atoms with E-state index < -0.39 is 0 Å². The lowest BCUT2D eigenvalue weighted by Gasteiger charge is -2.02. The summed E-state index contributed by atoms with van der Waals surface area (Å²) in [6, 6.07) is 9.51. The Bertz CT molecular complexity index is 849. The second-order valence-electron chi connectivity index (χ2n) is 4.68. The molecule has 0 bridgehead atoms. The highest BCUT2D eigenvalue weighted by molar-refractivity contribution is 7.19. The van der Waals surface area contributed by atoms with E-state index in [9.17, 15) is 9.59 Å². The number of hydrogen-bond acceptors (Lipinski definition) is 5. The second kappa shape index (κ2) is 5.73. The Hall–Kier alpha value is -2.47. The molecule has 2 aromatic heterocycles. The second-order valence-corrected chi connectivity index (χ2v) is 5.66. The summed E-state index contributed by atoms with van der Waals surface area (Å²) in [5, 5.41) is 0. The Balaban J connectivity index is 2.20. The lowest BCUT2D eigenvalue weighted by atomic mass is 10.1. The molecule has 0 N–H and O–H groups in total. The van der Waals surface area contributed by atoms with E-state index in [1.807, 2.05) is 30.3 Å². The Morgan fingerprint density at radius 1 is 1.36 bits per heavy atom. The smallest absolute Gasteiger partial charge is 0.350 e. The summed E-state index contributed by atoms with van der Waals surface area (Å²) in [5.41, 5.74) is 2.62. The fourth-order valence-electron chi connectivity index (χ4n) is 2.37. The number of carbonyl (C=O) groups excluding carboxylic acids is 2. The summed E-state index contributed by atoms with van der Waals surface area (Å²) in [6.07, 6.45) is 0.775. The first-order chi connectivity index (χ1) is 10.7. The van der Waals surface area contributed by atoms with Crippen LogP contribution >= 0.6 is 11.3 Å². The average Bonchev–Trinajstić information content (AvgIpc) is 3.05. The predicted molar refractivity (Wildman–Crippen MR) is 84.6 cm³/mol. The molecule has 0 atom stereocenters. The van der Waals surface area contributed by atoms with Crippen LogP contribution in [0.25, 0.3) is 16.2 Å². The number of aldehydes is 1. The number of thiazole rings is 1. The van der Waals surface area contributed by atoms with Crippen molar-refractivity contribution in [3.8, 4) is 11.3 Å². The van der Waals surface area contributed by atoms with Crippen LogP contribution in [0, 0.1) is 6.92 Å². The first-order valence-corrected chi connectivity index (χ1v) is 7.68. The van der Waals surface area contributed by atoms with Crippen molar-refractivity contribution in [3.05, 3.63) is 46.6 Å². The van der Waals surface area contributed by atoms with Gasteiger partial charge in [0.25, 0.3) is 0 Å². The van der Waals surface area contributed by atoms with Gasteiger partial charge >= 0.3 is 5.97 Å². The van der Waals surface area contributed by atoms with E-state index in [-0.39, 0.29) is 5.97 Å². The minimum Gasteiger partial charge on any atom is -0.462 e. The number of imidazole rings is 1. The number of aryl methyl sites for hydroxylation is 1. The third-order valence-electron chi connectivity index (χ3n) is 3.36. The zero-order valence-corrected chi connectivity index (χ0v) is 13.0. The number of ether oxygens (including phenoxy) is 1. The van der Waals surface area contributed by atoms with E-state index >= 15 is 0 Å². The Labute approximate surface area is 131 Å². The number of benzene rings is 1. The SMILES string of the molecule is CCOC(=O)c1sc2nc(-c3ccccc3)c(C=O)n2c1C. The molecule has 3 rings (SSSR count). The number of rotatable bonds is 4. The maximum atomic E-state index is 11.9. The number of carbonyl (C=O) groups is 2. The predicted octanol–water partition coefficient (Wildman–Crippen LogP) is 3.36. The highest BCUT2D eigenvalue weighted by atomic mass is 32.1. The number of nitrogens with zero attached hydrogens (tertiary/aromatic N) is 2. The molecule has 0 saturated carbocycles. The fourth-order valence-corrected chi connectivity index (χ4v) is 3.40. The molecule has 0 fully saturated rings. The van der Waals surface area contributed by atoms with E-state index in [4.69, 9.17) is 4.74 Å². The maximum Gasteiger partial charge on any atom is 0.350 e. The molecule has 22 heavy (non-hydrogen) atoms. The van der Waals surface area contributed by atoms with Gasteiger partial charge in [-0.3, -0.25) is 9.20 Å². The lowest BCUT2D eigenvalue weighted by Crippen LogP contribution is -2.05. The van der Waals surface area contributed by atoms with Gasteiger partial charge < -0.3 is 4.74 Å². The zero-order chi connectivity index (χ0) is 15.7. The van der Waals surface area contributed by atoms with Crippen molar-refractivity contribution in [2.45, 2.75) is 13.8 Å². The molecule has 3 aromatic rings. The van der Waals surface area contributed by atoms with Gasteiger partial charge in [-0.05, 0) is 13.8 Å². The normalized spacial score (nSPS) is 10.8. The van der Waals surface area contributed by atoms with Crippen LogP contribution in [0.5, 0.6) is 0 Å². The number of aromatic nitrogens is 2. The molecule has 0 saturated heterocycles. The van der Waals surface area contributed by atoms with Crippen LogP contribution < -0.4 is 0 Å². The summed E-state index contributed by atoms with van der Waals surface area (Å²) in [6.45, 7) is 3.86. The lowest BCUT2D eigenvalue weighted by molar-refractivity contribution is 0.0530. The monoisotopic (exact) mass is 314 g/mol. The zero-order valence-electron chi connectivity index (χ0n) is 12.2. The van der Waals surface area contributed by atoms with Crippen LogP contribution in [0.3, 0.4) is 0 Å². The van der Waals surface area contributed by atoms with Crippen LogP contribution in [0.4, 0.5) is 0 Å². The minimum atomic E-state index is -0.381. The van der Waals surface area contributed by atoms with Gasteiger partial charge in [0.05, 0.1) is 6.61 Å². The molecule has 0 spiro atoms. The number of hydrogen-bond donors (Lipinski definition) is 0. The van der Waals surface area contributed by atoms with Gasteiger partial charge in [-0.2, -0.15) is 0 Å². The van der Waals surface area contributed by atoms with Crippen LogP contribution in [-0.4, -0.2) is 28.2 Å². The molecule has 0 unspecified atom stereocenters. The molecule has 0 aliphatic heterocycles. The minimum absolute atomic E-state index is 0.314. The van der Waals surface area contributed by atoms with Crippen molar-refractivity contribution in [2.75, 3.05) is 6.61 Å².